The zero-order valence-electron chi connectivity index (χ0n) is 23.1. The molecule has 4 aromatic carbocycles. The molecule has 40 heavy (non-hydrogen) atoms. The number of aliphatic hydroxyl groups excluding tert-OH is 1. The smallest absolute Gasteiger partial charge is 0.300 e. The number of carbonyl (C=O) groups excluding carboxylic acids is 2. The number of anilines is 2. The van der Waals surface area contributed by atoms with Crippen LogP contribution in [-0.2, 0) is 16.2 Å². The van der Waals surface area contributed by atoms with E-state index in [1.54, 1.807) is 18.2 Å². The number of benzene rings is 4. The Kier molecular flexibility index (Phi) is 7.43. The molecule has 0 bridgehead atoms. The summed E-state index contributed by atoms with van der Waals surface area (Å²) in [5.41, 5.74) is 5.63. The van der Waals surface area contributed by atoms with E-state index in [-0.39, 0.29) is 11.3 Å². The van der Waals surface area contributed by atoms with Crippen molar-refractivity contribution in [2.45, 2.75) is 26.5 Å². The lowest BCUT2D eigenvalue weighted by Crippen LogP contribution is -2.29. The maximum atomic E-state index is 13.5. The Balaban J connectivity index is 1.57. The zero-order chi connectivity index (χ0) is 28.4. The van der Waals surface area contributed by atoms with E-state index >= 15 is 0 Å². The third-order valence-corrected chi connectivity index (χ3v) is 7.14. The molecule has 0 aromatic heterocycles. The summed E-state index contributed by atoms with van der Waals surface area (Å²) in [5.74, 6) is -0.930. The molecule has 1 fully saturated rings. The van der Waals surface area contributed by atoms with Crippen LogP contribution in [0.2, 0.25) is 0 Å². The van der Waals surface area contributed by atoms with Gasteiger partial charge >= 0.3 is 0 Å². The molecule has 1 N–H and O–H groups in total. The van der Waals surface area contributed by atoms with Crippen LogP contribution in [0.5, 0.6) is 5.75 Å². The highest BCUT2D eigenvalue weighted by Gasteiger charge is 2.47. The number of carbonyl (C=O) groups is 2. The molecule has 6 nitrogen and oxygen atoms in total. The predicted octanol–water partition coefficient (Wildman–Crippen LogP) is 6.57. The number of Topliss-reactive ketones (excluding diaryl/α,β-unsaturated/α-hetero) is 1. The molecule has 0 saturated carbocycles. The highest BCUT2D eigenvalue weighted by Crippen LogP contribution is 2.43. The van der Waals surface area contributed by atoms with Crippen LogP contribution in [0.4, 0.5) is 11.4 Å². The first-order chi connectivity index (χ1) is 19.2. The summed E-state index contributed by atoms with van der Waals surface area (Å²) in [4.78, 5) is 30.4. The molecule has 1 aliphatic rings. The molecule has 1 saturated heterocycles. The Hall–Kier alpha value is -4.84. The second-order valence-electron chi connectivity index (χ2n) is 10.2. The fraction of sp³-hybridized carbons (Fsp3) is 0.176. The van der Waals surface area contributed by atoms with E-state index < -0.39 is 17.7 Å². The van der Waals surface area contributed by atoms with Gasteiger partial charge in [0.1, 0.15) is 18.1 Å². The second-order valence-corrected chi connectivity index (χ2v) is 10.2. The van der Waals surface area contributed by atoms with Crippen LogP contribution in [0.25, 0.3) is 5.76 Å². The van der Waals surface area contributed by atoms with Gasteiger partial charge in [-0.3, -0.25) is 14.5 Å². The Labute approximate surface area is 234 Å². The van der Waals surface area contributed by atoms with E-state index in [4.69, 9.17) is 4.74 Å². The molecular formula is C34H32N2O4. The minimum absolute atomic E-state index is 0.0569. The molecule has 1 amide bonds. The van der Waals surface area contributed by atoms with E-state index in [9.17, 15) is 14.7 Å². The van der Waals surface area contributed by atoms with E-state index in [0.29, 0.717) is 23.6 Å². The second kappa shape index (κ2) is 11.1. The quantitative estimate of drug-likeness (QED) is 0.166. The van der Waals surface area contributed by atoms with E-state index in [1.165, 1.54) is 4.90 Å². The molecule has 1 aliphatic heterocycles. The predicted molar refractivity (Wildman–Crippen MR) is 159 cm³/mol. The Morgan fingerprint density at radius 3 is 2.25 bits per heavy atom. The van der Waals surface area contributed by atoms with Gasteiger partial charge < -0.3 is 14.7 Å². The van der Waals surface area contributed by atoms with Gasteiger partial charge in [0.15, 0.2) is 0 Å². The first-order valence-electron chi connectivity index (χ1n) is 13.2. The Morgan fingerprint density at radius 1 is 0.875 bits per heavy atom. The van der Waals surface area contributed by atoms with Gasteiger partial charge in [0, 0.05) is 31.0 Å². The third kappa shape index (κ3) is 5.21. The van der Waals surface area contributed by atoms with Crippen LogP contribution < -0.4 is 14.5 Å². The van der Waals surface area contributed by atoms with Crippen LogP contribution in [0.3, 0.4) is 0 Å². The Bertz CT molecular complexity index is 1590. The van der Waals surface area contributed by atoms with E-state index in [2.05, 4.69) is 0 Å². The lowest BCUT2D eigenvalue weighted by Gasteiger charge is -2.26. The van der Waals surface area contributed by atoms with Crippen molar-refractivity contribution in [3.05, 3.63) is 130 Å². The molecule has 4 aromatic rings. The fourth-order valence-electron chi connectivity index (χ4n) is 5.00. The highest BCUT2D eigenvalue weighted by atomic mass is 16.5. The maximum absolute atomic E-state index is 13.5. The van der Waals surface area contributed by atoms with Gasteiger partial charge in [-0.15, -0.1) is 0 Å². The molecule has 0 spiro atoms. The molecule has 202 valence electrons. The topological polar surface area (TPSA) is 70.1 Å². The molecule has 5 rings (SSSR count). The van der Waals surface area contributed by atoms with Crippen LogP contribution in [0.15, 0.2) is 103 Å². The molecule has 0 aliphatic carbocycles. The van der Waals surface area contributed by atoms with Crippen LogP contribution in [-0.4, -0.2) is 30.9 Å². The number of nitrogens with zero attached hydrogens (tertiary/aromatic N) is 2. The number of hydrogen-bond donors (Lipinski definition) is 1. The van der Waals surface area contributed by atoms with Crippen LogP contribution in [0.1, 0.15) is 33.9 Å². The standard InChI is InChI=1S/C34H32N2O4/c1-22-9-8-12-28(19-22)36-31(25-13-16-27(17-14-25)35(3)4)30(33(38)34(36)39)32(37)26-15-18-29(23(2)20-26)40-21-24-10-6-5-7-11-24/h5-20,31,37H,21H2,1-4H3/b32-30-. The van der Waals surface area contributed by atoms with Crippen molar-refractivity contribution in [2.24, 2.45) is 0 Å². The monoisotopic (exact) mass is 532 g/mol. The van der Waals surface area contributed by atoms with Crippen molar-refractivity contribution in [1.82, 2.24) is 0 Å². The number of hydrogen-bond acceptors (Lipinski definition) is 5. The lowest BCUT2D eigenvalue weighted by molar-refractivity contribution is -0.132. The van der Waals surface area contributed by atoms with Crippen LogP contribution >= 0.6 is 0 Å². The van der Waals surface area contributed by atoms with Gasteiger partial charge in [0.25, 0.3) is 11.7 Å². The summed E-state index contributed by atoms with van der Waals surface area (Å²) in [6.07, 6.45) is 0. The number of amides is 1. The number of aliphatic hydroxyl groups is 1. The molecule has 1 atom stereocenters. The van der Waals surface area contributed by atoms with Crippen molar-refractivity contribution in [3.8, 4) is 5.75 Å². The minimum Gasteiger partial charge on any atom is -0.507 e. The number of aryl methyl sites for hydroxylation is 2. The lowest BCUT2D eigenvalue weighted by atomic mass is 9.94. The molecule has 0 radical (unpaired) electrons. The third-order valence-electron chi connectivity index (χ3n) is 7.14. The summed E-state index contributed by atoms with van der Waals surface area (Å²) < 4.78 is 6.00. The van der Waals surface area contributed by atoms with Gasteiger partial charge in [0.2, 0.25) is 0 Å². The summed E-state index contributed by atoms with van der Waals surface area (Å²) >= 11 is 0. The first-order valence-corrected chi connectivity index (χ1v) is 13.2. The minimum atomic E-state index is -0.785. The average molecular weight is 533 g/mol. The van der Waals surface area contributed by atoms with Gasteiger partial charge in [-0.25, -0.2) is 0 Å². The number of rotatable bonds is 7. The van der Waals surface area contributed by atoms with E-state index in [1.807, 2.05) is 112 Å². The van der Waals surface area contributed by atoms with E-state index in [0.717, 1.165) is 27.9 Å². The fourth-order valence-corrected chi connectivity index (χ4v) is 5.00. The molecule has 1 unspecified atom stereocenters. The van der Waals surface area contributed by atoms with Crippen molar-refractivity contribution >= 4 is 28.8 Å². The van der Waals surface area contributed by atoms with Crippen molar-refractivity contribution in [2.75, 3.05) is 23.9 Å². The summed E-state index contributed by atoms with van der Waals surface area (Å²) in [7, 11) is 3.90. The van der Waals surface area contributed by atoms with Crippen molar-refractivity contribution in [1.29, 1.82) is 0 Å². The summed E-state index contributed by atoms with van der Waals surface area (Å²) in [5, 5.41) is 11.6. The van der Waals surface area contributed by atoms with Gasteiger partial charge in [-0.2, -0.15) is 0 Å². The van der Waals surface area contributed by atoms with Crippen LogP contribution in [0, 0.1) is 13.8 Å². The van der Waals surface area contributed by atoms with Crippen molar-refractivity contribution in [3.63, 3.8) is 0 Å². The summed E-state index contributed by atoms with van der Waals surface area (Å²) in [6.45, 7) is 4.24. The van der Waals surface area contributed by atoms with Gasteiger partial charge in [-0.1, -0.05) is 54.6 Å². The normalized spacial score (nSPS) is 16.3. The highest BCUT2D eigenvalue weighted by molar-refractivity contribution is 6.51. The molecule has 6 heteroatoms. The van der Waals surface area contributed by atoms with Crippen molar-refractivity contribution < 1.29 is 19.4 Å². The molecular weight excluding hydrogens is 500 g/mol. The SMILES string of the molecule is Cc1cccc(N2C(=O)C(=O)/C(=C(\O)c3ccc(OCc4ccccc4)c(C)c3)C2c2ccc(N(C)C)cc2)c1. The van der Waals surface area contributed by atoms with Gasteiger partial charge in [0.05, 0.1) is 11.6 Å². The number of ether oxygens (including phenoxy) is 1. The largest absolute Gasteiger partial charge is 0.507 e. The zero-order valence-corrected chi connectivity index (χ0v) is 23.1. The molecule has 1 heterocycles. The maximum Gasteiger partial charge on any atom is 0.300 e. The average Bonchev–Trinajstić information content (AvgIpc) is 3.22. The first kappa shape index (κ1) is 26.8. The number of ketones is 1. The van der Waals surface area contributed by atoms with Gasteiger partial charge in [-0.05, 0) is 78.6 Å². The Morgan fingerprint density at radius 2 is 1.60 bits per heavy atom. The summed E-state index contributed by atoms with van der Waals surface area (Å²) in [6, 6.07) is 29.5.